The summed E-state index contributed by atoms with van der Waals surface area (Å²) in [7, 11) is 6.37. The van der Waals surface area contributed by atoms with Gasteiger partial charge in [-0.25, -0.2) is 0 Å². The Balaban J connectivity index is 1.60. The van der Waals surface area contributed by atoms with E-state index in [1.807, 2.05) is 62.4 Å². The van der Waals surface area contributed by atoms with Gasteiger partial charge in [0.1, 0.15) is 11.5 Å². The summed E-state index contributed by atoms with van der Waals surface area (Å²) >= 11 is 0. The van der Waals surface area contributed by atoms with Gasteiger partial charge in [0.25, 0.3) is 5.91 Å². The summed E-state index contributed by atoms with van der Waals surface area (Å²) in [4.78, 5) is 28.1. The fourth-order valence-electron chi connectivity index (χ4n) is 5.89. The number of benzene rings is 3. The highest BCUT2D eigenvalue weighted by atomic mass is 16.5. The van der Waals surface area contributed by atoms with E-state index in [9.17, 15) is 9.59 Å². The zero-order chi connectivity index (χ0) is 30.0. The Kier molecular flexibility index (Phi) is 8.24. The Morgan fingerprint density at radius 3 is 2.17 bits per heavy atom. The molecule has 0 radical (unpaired) electrons. The van der Waals surface area contributed by atoms with Crippen molar-refractivity contribution in [2.75, 3.05) is 33.8 Å². The molecule has 1 aliphatic carbocycles. The van der Waals surface area contributed by atoms with Gasteiger partial charge in [0, 0.05) is 40.2 Å². The monoisotopic (exact) mass is 568 g/mol. The van der Waals surface area contributed by atoms with E-state index in [4.69, 9.17) is 18.9 Å². The van der Waals surface area contributed by atoms with Gasteiger partial charge >= 0.3 is 0 Å². The Labute approximate surface area is 246 Å². The Hall–Kier alpha value is -4.72. The van der Waals surface area contributed by atoms with Gasteiger partial charge in [0.2, 0.25) is 0 Å². The number of anilines is 1. The van der Waals surface area contributed by atoms with E-state index >= 15 is 0 Å². The van der Waals surface area contributed by atoms with Crippen molar-refractivity contribution < 1.29 is 28.5 Å². The molecule has 0 bridgehead atoms. The van der Waals surface area contributed by atoms with E-state index < -0.39 is 5.92 Å². The maximum absolute atomic E-state index is 14.1. The van der Waals surface area contributed by atoms with Crippen LogP contribution in [0.5, 0.6) is 23.0 Å². The number of ketones is 1. The second-order valence-corrected chi connectivity index (χ2v) is 10.6. The van der Waals surface area contributed by atoms with Gasteiger partial charge < -0.3 is 29.6 Å². The molecular formula is C34H36N2O6. The first kappa shape index (κ1) is 28.8. The lowest BCUT2D eigenvalue weighted by Crippen LogP contribution is -2.37. The standard InChI is InChI=1S/C34H36N2O6/c1-19-7-10-23(11-8-19)36-34(38)31-20(2)35-26-15-22(21-9-13-29(41-5)30(17-21)42-6)16-27(37)33(26)32(31)25-18-24(39-3)12-14-28(25)40-4/h7-14,17-18,22,32,35H,15-16H2,1-6H3,(H,36,38)/t22-,32+/m0/s1. The molecule has 3 aromatic carbocycles. The minimum atomic E-state index is -0.657. The Bertz CT molecular complexity index is 1590. The highest BCUT2D eigenvalue weighted by Gasteiger charge is 2.42. The van der Waals surface area contributed by atoms with Crippen LogP contribution in [0.1, 0.15) is 48.3 Å². The second-order valence-electron chi connectivity index (χ2n) is 10.6. The average Bonchev–Trinajstić information content (AvgIpc) is 3.00. The highest BCUT2D eigenvalue weighted by Crippen LogP contribution is 2.49. The van der Waals surface area contributed by atoms with Gasteiger partial charge in [0.15, 0.2) is 17.3 Å². The van der Waals surface area contributed by atoms with Crippen LogP contribution < -0.4 is 29.6 Å². The largest absolute Gasteiger partial charge is 0.497 e. The number of dihydropyridines is 1. The highest BCUT2D eigenvalue weighted by molar-refractivity contribution is 6.10. The van der Waals surface area contributed by atoms with Crippen LogP contribution in [0.25, 0.3) is 0 Å². The number of ether oxygens (including phenoxy) is 4. The maximum atomic E-state index is 14.1. The third kappa shape index (κ3) is 5.44. The number of carbonyl (C=O) groups is 2. The van der Waals surface area contributed by atoms with E-state index in [2.05, 4.69) is 10.6 Å². The maximum Gasteiger partial charge on any atom is 0.254 e. The summed E-state index contributed by atoms with van der Waals surface area (Å²) < 4.78 is 22.2. The number of aryl methyl sites for hydroxylation is 1. The fourth-order valence-corrected chi connectivity index (χ4v) is 5.89. The molecule has 218 valence electrons. The van der Waals surface area contributed by atoms with Crippen molar-refractivity contribution in [3.8, 4) is 23.0 Å². The van der Waals surface area contributed by atoms with Crippen LogP contribution >= 0.6 is 0 Å². The van der Waals surface area contributed by atoms with Crippen LogP contribution in [-0.2, 0) is 9.59 Å². The lowest BCUT2D eigenvalue weighted by molar-refractivity contribution is -0.116. The van der Waals surface area contributed by atoms with Gasteiger partial charge in [-0.15, -0.1) is 0 Å². The van der Waals surface area contributed by atoms with Crippen LogP contribution in [0.2, 0.25) is 0 Å². The number of carbonyl (C=O) groups excluding carboxylic acids is 2. The summed E-state index contributed by atoms with van der Waals surface area (Å²) in [6.45, 7) is 3.87. The van der Waals surface area contributed by atoms with Crippen molar-refractivity contribution in [2.24, 2.45) is 0 Å². The number of allylic oxidation sites excluding steroid dienone is 3. The topological polar surface area (TPSA) is 95.1 Å². The molecule has 8 nitrogen and oxygen atoms in total. The molecule has 2 atom stereocenters. The van der Waals surface area contributed by atoms with Crippen LogP contribution in [0.3, 0.4) is 0 Å². The second kappa shape index (κ2) is 12.0. The van der Waals surface area contributed by atoms with Crippen LogP contribution in [0, 0.1) is 6.92 Å². The number of hydrogen-bond donors (Lipinski definition) is 2. The first-order valence-corrected chi connectivity index (χ1v) is 13.8. The van der Waals surface area contributed by atoms with E-state index in [1.54, 1.807) is 40.6 Å². The van der Waals surface area contributed by atoms with E-state index in [1.165, 1.54) is 0 Å². The summed E-state index contributed by atoms with van der Waals surface area (Å²) in [6, 6.07) is 18.8. The zero-order valence-corrected chi connectivity index (χ0v) is 24.8. The lowest BCUT2D eigenvalue weighted by atomic mass is 9.71. The van der Waals surface area contributed by atoms with Gasteiger partial charge in [-0.3, -0.25) is 9.59 Å². The smallest absolute Gasteiger partial charge is 0.254 e. The molecule has 42 heavy (non-hydrogen) atoms. The van der Waals surface area contributed by atoms with Crippen molar-refractivity contribution in [2.45, 2.75) is 38.5 Å². The molecule has 0 unspecified atom stereocenters. The number of amides is 1. The van der Waals surface area contributed by atoms with Crippen molar-refractivity contribution in [1.82, 2.24) is 5.32 Å². The van der Waals surface area contributed by atoms with E-state index in [-0.39, 0.29) is 24.0 Å². The first-order valence-electron chi connectivity index (χ1n) is 13.8. The molecule has 5 rings (SSSR count). The molecule has 3 aromatic rings. The van der Waals surface area contributed by atoms with Gasteiger partial charge in [-0.2, -0.15) is 0 Å². The number of rotatable bonds is 8. The number of hydrogen-bond acceptors (Lipinski definition) is 7. The lowest BCUT2D eigenvalue weighted by Gasteiger charge is -2.37. The molecule has 0 saturated carbocycles. The number of Topliss-reactive ketones (excluding diaryl/α,β-unsaturated/α-hetero) is 1. The van der Waals surface area contributed by atoms with Crippen LogP contribution in [-0.4, -0.2) is 40.1 Å². The van der Waals surface area contributed by atoms with Crippen LogP contribution in [0.4, 0.5) is 5.69 Å². The van der Waals surface area contributed by atoms with E-state index in [0.29, 0.717) is 57.5 Å². The van der Waals surface area contributed by atoms with Gasteiger partial charge in [-0.1, -0.05) is 23.8 Å². The summed E-state index contributed by atoms with van der Waals surface area (Å²) in [5.74, 6) is 1.36. The Morgan fingerprint density at radius 2 is 1.50 bits per heavy atom. The molecule has 8 heteroatoms. The van der Waals surface area contributed by atoms with Crippen LogP contribution in [0.15, 0.2) is 83.2 Å². The Morgan fingerprint density at radius 1 is 0.810 bits per heavy atom. The molecular weight excluding hydrogens is 532 g/mol. The molecule has 1 heterocycles. The first-order chi connectivity index (χ1) is 20.3. The summed E-state index contributed by atoms with van der Waals surface area (Å²) in [5.41, 5.74) is 5.93. The van der Waals surface area contributed by atoms with Crippen molar-refractivity contribution >= 4 is 17.4 Å². The summed E-state index contributed by atoms with van der Waals surface area (Å²) in [6.07, 6.45) is 0.869. The predicted molar refractivity (Wildman–Crippen MR) is 161 cm³/mol. The SMILES string of the molecule is COc1ccc(OC)c([C@@H]2C(C(=O)Nc3ccc(C)cc3)=C(C)NC3=C2C(=O)C[C@@H](c2ccc(OC)c(OC)c2)C3)c1. The average molecular weight is 569 g/mol. The number of methoxy groups -OCH3 is 4. The van der Waals surface area contributed by atoms with Gasteiger partial charge in [-0.05, 0) is 74.2 Å². The normalized spacial score (nSPS) is 18.2. The van der Waals surface area contributed by atoms with E-state index in [0.717, 1.165) is 16.8 Å². The van der Waals surface area contributed by atoms with Crippen molar-refractivity contribution in [3.05, 3.63) is 99.9 Å². The molecule has 0 fully saturated rings. The number of nitrogens with one attached hydrogen (secondary N) is 2. The zero-order valence-electron chi connectivity index (χ0n) is 24.8. The van der Waals surface area contributed by atoms with Crippen molar-refractivity contribution in [1.29, 1.82) is 0 Å². The third-order valence-corrected chi connectivity index (χ3v) is 8.01. The molecule has 1 aliphatic heterocycles. The molecule has 1 amide bonds. The van der Waals surface area contributed by atoms with Gasteiger partial charge in [0.05, 0.1) is 34.4 Å². The van der Waals surface area contributed by atoms with Crippen molar-refractivity contribution in [3.63, 3.8) is 0 Å². The summed E-state index contributed by atoms with van der Waals surface area (Å²) in [5, 5.41) is 6.48. The third-order valence-electron chi connectivity index (χ3n) is 8.01. The minimum absolute atomic E-state index is 0.0356. The molecule has 2 aliphatic rings. The minimum Gasteiger partial charge on any atom is -0.497 e. The fraction of sp³-hybridized carbons (Fsp3) is 0.294. The molecule has 0 saturated heterocycles. The molecule has 0 aromatic heterocycles. The predicted octanol–water partition coefficient (Wildman–Crippen LogP) is 6.03. The molecule has 2 N–H and O–H groups in total. The quantitative estimate of drug-likeness (QED) is 0.343. The molecule has 0 spiro atoms.